The Balaban J connectivity index is 2.11. The Morgan fingerprint density at radius 2 is 2.38 bits per heavy atom. The number of fused-ring (bicyclic) bond motifs is 1. The number of H-pyrrole nitrogens is 1. The number of hydrogen-bond donors (Lipinski definition) is 3. The Morgan fingerprint density at radius 1 is 1.44 bits per heavy atom. The van der Waals surface area contributed by atoms with E-state index in [-0.39, 0.29) is 0 Å². The Bertz CT molecular complexity index is 500. The number of nitrogens with zero attached hydrogens (tertiary/aromatic N) is 1. The molecule has 0 spiro atoms. The van der Waals surface area contributed by atoms with Gasteiger partial charge in [0.2, 0.25) is 0 Å². The van der Waals surface area contributed by atoms with Crippen LogP contribution in [-0.2, 0) is 5.60 Å². The molecular weight excluding hydrogens is 202 g/mol. The molecule has 1 aliphatic rings. The van der Waals surface area contributed by atoms with Crippen molar-refractivity contribution in [2.45, 2.75) is 18.4 Å². The molecule has 0 saturated carbocycles. The van der Waals surface area contributed by atoms with Crippen molar-refractivity contribution in [2.24, 2.45) is 0 Å². The van der Waals surface area contributed by atoms with Gasteiger partial charge in [-0.1, -0.05) is 0 Å². The standard InChI is InChI=1S/C12H15N3O/c16-12(4-2-5-13-8-12)10-7-15-11-9(10)3-1-6-14-11/h1,3,6-7,13,16H,2,4-5,8H2,(H,14,15). The Kier molecular flexibility index (Phi) is 2.19. The van der Waals surface area contributed by atoms with Crippen molar-refractivity contribution in [3.05, 3.63) is 30.1 Å². The highest BCUT2D eigenvalue weighted by Gasteiger charge is 2.33. The largest absolute Gasteiger partial charge is 0.384 e. The maximum atomic E-state index is 10.6. The fourth-order valence-corrected chi connectivity index (χ4v) is 2.46. The summed E-state index contributed by atoms with van der Waals surface area (Å²) in [4.78, 5) is 7.35. The lowest BCUT2D eigenvalue weighted by molar-refractivity contribution is 0.0137. The van der Waals surface area contributed by atoms with Crippen LogP contribution in [-0.4, -0.2) is 28.2 Å². The van der Waals surface area contributed by atoms with E-state index in [0.717, 1.165) is 36.0 Å². The zero-order valence-electron chi connectivity index (χ0n) is 9.03. The van der Waals surface area contributed by atoms with Gasteiger partial charge in [-0.3, -0.25) is 0 Å². The number of pyridine rings is 1. The number of piperidine rings is 1. The minimum Gasteiger partial charge on any atom is -0.384 e. The van der Waals surface area contributed by atoms with E-state index >= 15 is 0 Å². The van der Waals surface area contributed by atoms with Crippen molar-refractivity contribution in [2.75, 3.05) is 13.1 Å². The van der Waals surface area contributed by atoms with Crippen LogP contribution in [0, 0.1) is 0 Å². The Labute approximate surface area is 93.7 Å². The van der Waals surface area contributed by atoms with Gasteiger partial charge in [0.1, 0.15) is 11.2 Å². The van der Waals surface area contributed by atoms with Gasteiger partial charge in [0.05, 0.1) is 0 Å². The number of aromatic nitrogens is 2. The van der Waals surface area contributed by atoms with E-state index < -0.39 is 5.60 Å². The van der Waals surface area contributed by atoms with Gasteiger partial charge >= 0.3 is 0 Å². The van der Waals surface area contributed by atoms with Crippen molar-refractivity contribution in [1.29, 1.82) is 0 Å². The Hall–Kier alpha value is -1.39. The lowest BCUT2D eigenvalue weighted by atomic mass is 9.87. The summed E-state index contributed by atoms with van der Waals surface area (Å²) in [5.41, 5.74) is 1.05. The summed E-state index contributed by atoms with van der Waals surface area (Å²) < 4.78 is 0. The highest BCUT2D eigenvalue weighted by atomic mass is 16.3. The van der Waals surface area contributed by atoms with E-state index in [0.29, 0.717) is 6.54 Å². The molecule has 1 aliphatic heterocycles. The monoisotopic (exact) mass is 217 g/mol. The van der Waals surface area contributed by atoms with Gasteiger partial charge in [0.15, 0.2) is 0 Å². The zero-order chi connectivity index (χ0) is 11.0. The first kappa shape index (κ1) is 9.81. The molecular formula is C12H15N3O. The zero-order valence-corrected chi connectivity index (χ0v) is 9.03. The van der Waals surface area contributed by atoms with Crippen LogP contribution in [0.2, 0.25) is 0 Å². The maximum Gasteiger partial charge on any atom is 0.137 e. The first-order valence-corrected chi connectivity index (χ1v) is 5.65. The van der Waals surface area contributed by atoms with Gasteiger partial charge < -0.3 is 15.4 Å². The highest BCUT2D eigenvalue weighted by Crippen LogP contribution is 2.32. The van der Waals surface area contributed by atoms with Gasteiger partial charge in [-0.25, -0.2) is 4.98 Å². The average Bonchev–Trinajstić information content (AvgIpc) is 2.74. The molecule has 0 aromatic carbocycles. The summed E-state index contributed by atoms with van der Waals surface area (Å²) in [7, 11) is 0. The number of aliphatic hydroxyl groups is 1. The molecule has 1 unspecified atom stereocenters. The highest BCUT2D eigenvalue weighted by molar-refractivity contribution is 5.80. The predicted molar refractivity (Wildman–Crippen MR) is 62.1 cm³/mol. The van der Waals surface area contributed by atoms with E-state index in [1.807, 2.05) is 18.3 Å². The molecule has 3 heterocycles. The van der Waals surface area contributed by atoms with Crippen molar-refractivity contribution >= 4 is 11.0 Å². The van der Waals surface area contributed by atoms with Crippen LogP contribution in [0.5, 0.6) is 0 Å². The van der Waals surface area contributed by atoms with Crippen molar-refractivity contribution < 1.29 is 5.11 Å². The number of hydrogen-bond acceptors (Lipinski definition) is 3. The number of aromatic amines is 1. The molecule has 0 radical (unpaired) electrons. The second-order valence-electron chi connectivity index (χ2n) is 4.41. The van der Waals surface area contributed by atoms with E-state index in [4.69, 9.17) is 0 Å². The summed E-state index contributed by atoms with van der Waals surface area (Å²) in [6.07, 6.45) is 5.45. The van der Waals surface area contributed by atoms with Crippen LogP contribution in [0.1, 0.15) is 18.4 Å². The molecule has 1 saturated heterocycles. The van der Waals surface area contributed by atoms with Gasteiger partial charge in [0.25, 0.3) is 0 Å². The summed E-state index contributed by atoms with van der Waals surface area (Å²) in [6, 6.07) is 3.90. The van der Waals surface area contributed by atoms with E-state index in [1.165, 1.54) is 0 Å². The second-order valence-corrected chi connectivity index (χ2v) is 4.41. The summed E-state index contributed by atoms with van der Waals surface area (Å²) in [5, 5.41) is 14.9. The van der Waals surface area contributed by atoms with Crippen LogP contribution in [0.4, 0.5) is 0 Å². The molecule has 4 heteroatoms. The molecule has 1 fully saturated rings. The first-order chi connectivity index (χ1) is 7.80. The molecule has 4 nitrogen and oxygen atoms in total. The van der Waals surface area contributed by atoms with E-state index in [2.05, 4.69) is 15.3 Å². The van der Waals surface area contributed by atoms with Crippen LogP contribution < -0.4 is 5.32 Å². The maximum absolute atomic E-state index is 10.6. The molecule has 2 aromatic rings. The van der Waals surface area contributed by atoms with Crippen molar-refractivity contribution in [3.63, 3.8) is 0 Å². The minimum absolute atomic E-state index is 0.620. The molecule has 0 aliphatic carbocycles. The molecule has 0 bridgehead atoms. The molecule has 2 aromatic heterocycles. The number of β-amino-alcohol motifs (C(OH)–C–C–N with tert-alkyl or cyclic N) is 1. The molecule has 1 atom stereocenters. The smallest absolute Gasteiger partial charge is 0.137 e. The Morgan fingerprint density at radius 3 is 3.19 bits per heavy atom. The summed E-state index contributed by atoms with van der Waals surface area (Å²) in [5.74, 6) is 0. The van der Waals surface area contributed by atoms with E-state index in [1.54, 1.807) is 6.20 Å². The van der Waals surface area contributed by atoms with Gasteiger partial charge in [-0.05, 0) is 31.5 Å². The average molecular weight is 217 g/mol. The summed E-state index contributed by atoms with van der Waals surface area (Å²) in [6.45, 7) is 1.61. The normalized spacial score (nSPS) is 26.1. The van der Waals surface area contributed by atoms with Crippen molar-refractivity contribution in [3.8, 4) is 0 Å². The number of rotatable bonds is 1. The summed E-state index contributed by atoms with van der Waals surface area (Å²) >= 11 is 0. The van der Waals surface area contributed by atoms with Gasteiger partial charge in [0, 0.05) is 29.9 Å². The molecule has 16 heavy (non-hydrogen) atoms. The topological polar surface area (TPSA) is 60.9 Å². The molecule has 3 rings (SSSR count). The van der Waals surface area contributed by atoms with Crippen LogP contribution in [0.15, 0.2) is 24.5 Å². The second kappa shape index (κ2) is 3.57. The quantitative estimate of drug-likeness (QED) is 0.671. The van der Waals surface area contributed by atoms with E-state index in [9.17, 15) is 5.11 Å². The van der Waals surface area contributed by atoms with Crippen LogP contribution in [0.25, 0.3) is 11.0 Å². The lowest BCUT2D eigenvalue weighted by Gasteiger charge is -2.32. The minimum atomic E-state index is -0.750. The fraction of sp³-hybridized carbons (Fsp3) is 0.417. The number of nitrogens with one attached hydrogen (secondary N) is 2. The van der Waals surface area contributed by atoms with Crippen LogP contribution >= 0.6 is 0 Å². The van der Waals surface area contributed by atoms with Crippen LogP contribution in [0.3, 0.4) is 0 Å². The first-order valence-electron chi connectivity index (χ1n) is 5.65. The third-order valence-corrected chi connectivity index (χ3v) is 3.31. The molecule has 0 amide bonds. The van der Waals surface area contributed by atoms with Gasteiger partial charge in [-0.15, -0.1) is 0 Å². The van der Waals surface area contributed by atoms with Gasteiger partial charge in [-0.2, -0.15) is 0 Å². The SMILES string of the molecule is OC1(c2c[nH]c3ncccc23)CCCNC1. The third kappa shape index (κ3) is 1.42. The third-order valence-electron chi connectivity index (χ3n) is 3.31. The molecule has 84 valence electrons. The fourth-order valence-electron chi connectivity index (χ4n) is 2.46. The predicted octanol–water partition coefficient (Wildman–Crippen LogP) is 1.13. The lowest BCUT2D eigenvalue weighted by Crippen LogP contribution is -2.43. The molecule has 3 N–H and O–H groups in total. The van der Waals surface area contributed by atoms with Crippen molar-refractivity contribution in [1.82, 2.24) is 15.3 Å².